The Bertz CT molecular complexity index is 1300. The van der Waals surface area contributed by atoms with Gasteiger partial charge in [0.1, 0.15) is 17.3 Å². The van der Waals surface area contributed by atoms with Gasteiger partial charge in [-0.3, -0.25) is 4.79 Å². The Hall–Kier alpha value is -3.49. The zero-order valence-corrected chi connectivity index (χ0v) is 17.5. The van der Waals surface area contributed by atoms with Crippen molar-refractivity contribution in [2.24, 2.45) is 0 Å². The first-order chi connectivity index (χ1) is 14.8. The van der Waals surface area contributed by atoms with E-state index >= 15 is 0 Å². The van der Waals surface area contributed by atoms with E-state index in [9.17, 15) is 14.3 Å². The molecule has 1 atom stereocenters. The van der Waals surface area contributed by atoms with Crippen molar-refractivity contribution >= 4 is 34.4 Å². The van der Waals surface area contributed by atoms with Gasteiger partial charge < -0.3 is 20.7 Å². The number of aromatic amines is 1. The van der Waals surface area contributed by atoms with E-state index in [0.717, 1.165) is 0 Å². The number of likely N-dealkylation sites (N-methyl/N-ethyl adjacent to an activating group) is 1. The minimum atomic E-state index is -1.47. The van der Waals surface area contributed by atoms with Gasteiger partial charge in [-0.25, -0.2) is 14.4 Å². The molecular weight excluding hydrogens is 421 g/mol. The molecule has 0 saturated heterocycles. The molecule has 0 aliphatic rings. The number of nitrogens with two attached hydrogens (primary N) is 1. The van der Waals surface area contributed by atoms with Gasteiger partial charge in [0.2, 0.25) is 0 Å². The average Bonchev–Trinajstić information content (AvgIpc) is 3.18. The van der Waals surface area contributed by atoms with Crippen molar-refractivity contribution in [3.05, 3.63) is 65.3 Å². The number of hydrogen-bond acceptors (Lipinski definition) is 5. The fraction of sp³-hybridized carbons (Fsp3) is 0.136. The molecule has 1 amide bonds. The van der Waals surface area contributed by atoms with E-state index in [0.29, 0.717) is 38.3 Å². The summed E-state index contributed by atoms with van der Waals surface area (Å²) < 4.78 is 14.4. The van der Waals surface area contributed by atoms with Gasteiger partial charge in [-0.1, -0.05) is 29.8 Å². The van der Waals surface area contributed by atoms with Crippen molar-refractivity contribution in [2.45, 2.75) is 6.10 Å². The van der Waals surface area contributed by atoms with Gasteiger partial charge in [-0.15, -0.1) is 0 Å². The van der Waals surface area contributed by atoms with Gasteiger partial charge in [-0.2, -0.15) is 0 Å². The number of halogens is 2. The number of amides is 1. The summed E-state index contributed by atoms with van der Waals surface area (Å²) in [5.41, 5.74) is 8.53. The van der Waals surface area contributed by atoms with Crippen molar-refractivity contribution in [3.8, 4) is 22.3 Å². The fourth-order valence-electron chi connectivity index (χ4n) is 3.39. The Morgan fingerprint density at radius 3 is 2.65 bits per heavy atom. The summed E-state index contributed by atoms with van der Waals surface area (Å²) in [5, 5.41) is 11.3. The molecule has 7 nitrogen and oxygen atoms in total. The quantitative estimate of drug-likeness (QED) is 0.448. The number of hydrogen-bond donors (Lipinski definition) is 3. The highest BCUT2D eigenvalue weighted by Crippen LogP contribution is 2.40. The summed E-state index contributed by atoms with van der Waals surface area (Å²) in [6, 6.07) is 7.94. The van der Waals surface area contributed by atoms with Crippen molar-refractivity contribution in [2.75, 3.05) is 19.8 Å². The van der Waals surface area contributed by atoms with Crippen LogP contribution in [0.5, 0.6) is 0 Å². The van der Waals surface area contributed by atoms with Gasteiger partial charge in [0, 0.05) is 65.9 Å². The van der Waals surface area contributed by atoms with Crippen LogP contribution in [0.2, 0.25) is 5.02 Å². The van der Waals surface area contributed by atoms with E-state index in [4.69, 9.17) is 17.3 Å². The highest BCUT2D eigenvalue weighted by atomic mass is 35.5. The SMILES string of the molecule is CN(C)C(=O)C(O)c1cc(-c2cnc3[nH]cc(-c4ccccc4F)c3c2Cl)cnc1N. The molecule has 158 valence electrons. The van der Waals surface area contributed by atoms with E-state index in [2.05, 4.69) is 15.0 Å². The maximum Gasteiger partial charge on any atom is 0.255 e. The summed E-state index contributed by atoms with van der Waals surface area (Å²) in [4.78, 5) is 25.0. The Kier molecular flexibility index (Phi) is 5.34. The molecule has 3 heterocycles. The molecule has 0 saturated carbocycles. The van der Waals surface area contributed by atoms with E-state index in [-0.39, 0.29) is 17.2 Å². The molecule has 0 spiro atoms. The number of pyridine rings is 2. The number of anilines is 1. The third-order valence-corrected chi connectivity index (χ3v) is 5.42. The molecule has 0 aliphatic carbocycles. The van der Waals surface area contributed by atoms with Crippen LogP contribution in [0.25, 0.3) is 33.3 Å². The normalized spacial score (nSPS) is 12.2. The van der Waals surface area contributed by atoms with Gasteiger partial charge in [0.15, 0.2) is 6.10 Å². The van der Waals surface area contributed by atoms with E-state index in [1.54, 1.807) is 36.7 Å². The van der Waals surface area contributed by atoms with Crippen LogP contribution in [0.1, 0.15) is 11.7 Å². The molecule has 0 radical (unpaired) electrons. The molecule has 9 heteroatoms. The number of benzene rings is 1. The number of carbonyl (C=O) groups excluding carboxylic acids is 1. The average molecular weight is 440 g/mol. The minimum Gasteiger partial charge on any atom is -0.383 e. The van der Waals surface area contributed by atoms with E-state index in [1.165, 1.54) is 31.3 Å². The molecule has 4 aromatic rings. The number of aliphatic hydroxyl groups excluding tert-OH is 1. The summed E-state index contributed by atoms with van der Waals surface area (Å²) in [5.74, 6) is -0.880. The number of aliphatic hydroxyl groups is 1. The Labute approximate surface area is 182 Å². The Balaban J connectivity index is 1.87. The van der Waals surface area contributed by atoms with Crippen molar-refractivity contribution < 1.29 is 14.3 Å². The molecule has 0 bridgehead atoms. The lowest BCUT2D eigenvalue weighted by Crippen LogP contribution is -2.28. The zero-order chi connectivity index (χ0) is 22.3. The second kappa shape index (κ2) is 7.98. The molecular formula is C22H19ClFN5O2. The number of fused-ring (bicyclic) bond motifs is 1. The minimum absolute atomic E-state index is 0.0327. The molecule has 0 fully saturated rings. The molecule has 4 rings (SSSR count). The second-order valence-electron chi connectivity index (χ2n) is 7.23. The number of nitrogens with zero attached hydrogens (tertiary/aromatic N) is 3. The maximum absolute atomic E-state index is 14.4. The zero-order valence-electron chi connectivity index (χ0n) is 16.7. The van der Waals surface area contributed by atoms with Crippen LogP contribution in [0.4, 0.5) is 10.2 Å². The van der Waals surface area contributed by atoms with Crippen LogP contribution in [0, 0.1) is 5.82 Å². The molecule has 1 aromatic carbocycles. The summed E-state index contributed by atoms with van der Waals surface area (Å²) in [6.45, 7) is 0. The van der Waals surface area contributed by atoms with Crippen LogP contribution < -0.4 is 5.73 Å². The van der Waals surface area contributed by atoms with Crippen LogP contribution in [0.3, 0.4) is 0 Å². The van der Waals surface area contributed by atoms with Gasteiger partial charge in [-0.05, 0) is 12.1 Å². The largest absolute Gasteiger partial charge is 0.383 e. The first-order valence-corrected chi connectivity index (χ1v) is 9.73. The summed E-state index contributed by atoms with van der Waals surface area (Å²) in [7, 11) is 3.06. The lowest BCUT2D eigenvalue weighted by atomic mass is 10.0. The third-order valence-electron chi connectivity index (χ3n) is 5.03. The number of carbonyl (C=O) groups is 1. The summed E-state index contributed by atoms with van der Waals surface area (Å²) >= 11 is 6.73. The Morgan fingerprint density at radius 1 is 1.19 bits per heavy atom. The van der Waals surface area contributed by atoms with Crippen LogP contribution >= 0.6 is 11.6 Å². The van der Waals surface area contributed by atoms with Gasteiger partial charge in [0.25, 0.3) is 5.91 Å². The van der Waals surface area contributed by atoms with Crippen molar-refractivity contribution in [1.29, 1.82) is 0 Å². The maximum atomic E-state index is 14.4. The van der Waals surface area contributed by atoms with Gasteiger partial charge >= 0.3 is 0 Å². The van der Waals surface area contributed by atoms with Crippen LogP contribution in [-0.2, 0) is 4.79 Å². The molecule has 0 aliphatic heterocycles. The highest BCUT2D eigenvalue weighted by molar-refractivity contribution is 6.39. The first kappa shape index (κ1) is 20.8. The van der Waals surface area contributed by atoms with E-state index in [1.807, 2.05) is 0 Å². The van der Waals surface area contributed by atoms with E-state index < -0.39 is 12.0 Å². The third kappa shape index (κ3) is 3.60. The standard InChI is InChI=1S/C22H19ClFN5O2/c1-29(2)22(31)19(30)13-7-11(8-26-20(13)25)14-9-27-21-17(18(14)23)15(10-28-21)12-5-3-4-6-16(12)24/h3-10,19,30H,1-2H3,(H2,25,26)(H,27,28). The predicted octanol–water partition coefficient (Wildman–Crippen LogP) is 3.79. The second-order valence-corrected chi connectivity index (χ2v) is 7.60. The predicted molar refractivity (Wildman–Crippen MR) is 118 cm³/mol. The van der Waals surface area contributed by atoms with Crippen LogP contribution in [0.15, 0.2) is 48.9 Å². The van der Waals surface area contributed by atoms with Gasteiger partial charge in [0.05, 0.1) is 5.02 Å². The highest BCUT2D eigenvalue weighted by Gasteiger charge is 2.24. The lowest BCUT2D eigenvalue weighted by Gasteiger charge is -2.18. The molecule has 31 heavy (non-hydrogen) atoms. The smallest absolute Gasteiger partial charge is 0.255 e. The number of aromatic nitrogens is 3. The van der Waals surface area contributed by atoms with Crippen molar-refractivity contribution in [1.82, 2.24) is 19.9 Å². The fourth-order valence-corrected chi connectivity index (χ4v) is 3.74. The molecule has 3 aromatic heterocycles. The summed E-state index contributed by atoms with van der Waals surface area (Å²) in [6.07, 6.45) is 3.20. The number of H-pyrrole nitrogens is 1. The molecule has 1 unspecified atom stereocenters. The monoisotopic (exact) mass is 439 g/mol. The molecule has 4 N–H and O–H groups in total. The number of rotatable bonds is 4. The Morgan fingerprint density at radius 2 is 1.94 bits per heavy atom. The van der Waals surface area contributed by atoms with Crippen molar-refractivity contribution in [3.63, 3.8) is 0 Å². The topological polar surface area (TPSA) is 108 Å². The lowest BCUT2D eigenvalue weighted by molar-refractivity contribution is -0.137. The number of nitrogen functional groups attached to an aromatic ring is 1. The first-order valence-electron chi connectivity index (χ1n) is 9.35. The van der Waals surface area contributed by atoms with Crippen LogP contribution in [-0.4, -0.2) is 45.0 Å². The number of nitrogens with one attached hydrogen (secondary N) is 1.